The normalized spacial score (nSPS) is 15.5. The highest BCUT2D eigenvalue weighted by molar-refractivity contribution is 5.96. The Labute approximate surface area is 128 Å². The summed E-state index contributed by atoms with van der Waals surface area (Å²) in [5, 5.41) is 8.80. The van der Waals surface area contributed by atoms with Crippen molar-refractivity contribution in [3.63, 3.8) is 0 Å². The molecule has 1 aliphatic heterocycles. The minimum Gasteiger partial charge on any atom is -0.478 e. The van der Waals surface area contributed by atoms with Gasteiger partial charge >= 0.3 is 5.97 Å². The highest BCUT2D eigenvalue weighted by Gasteiger charge is 2.20. The Bertz CT molecular complexity index is 555. The lowest BCUT2D eigenvalue weighted by Crippen LogP contribution is -2.30. The van der Waals surface area contributed by atoms with E-state index in [1.807, 2.05) is 0 Å². The quantitative estimate of drug-likeness (QED) is 0.907. The Kier molecular flexibility index (Phi) is 5.49. The van der Waals surface area contributed by atoms with Crippen LogP contribution in [0.4, 0.5) is 4.39 Å². The van der Waals surface area contributed by atoms with Crippen LogP contribution in [0, 0.1) is 11.7 Å². The smallest absolute Gasteiger partial charge is 0.335 e. The number of amides is 1. The number of benzene rings is 1. The highest BCUT2D eigenvalue weighted by atomic mass is 19.1. The Balaban J connectivity index is 1.96. The van der Waals surface area contributed by atoms with E-state index in [0.717, 1.165) is 38.5 Å². The van der Waals surface area contributed by atoms with E-state index < -0.39 is 17.7 Å². The lowest BCUT2D eigenvalue weighted by atomic mass is 9.96. The fraction of sp³-hybridized carbons (Fsp3) is 0.500. The molecule has 1 heterocycles. The minimum atomic E-state index is -1.22. The second-order valence-electron chi connectivity index (χ2n) is 5.57. The summed E-state index contributed by atoms with van der Waals surface area (Å²) in [7, 11) is 1.63. The zero-order chi connectivity index (χ0) is 16.1. The van der Waals surface area contributed by atoms with Crippen molar-refractivity contribution in [1.82, 2.24) is 4.90 Å². The van der Waals surface area contributed by atoms with Crippen LogP contribution in [0.15, 0.2) is 18.2 Å². The molecule has 1 saturated heterocycles. The molecule has 1 N–H and O–H groups in total. The van der Waals surface area contributed by atoms with Gasteiger partial charge in [0.15, 0.2) is 0 Å². The van der Waals surface area contributed by atoms with Crippen LogP contribution in [0.1, 0.15) is 40.0 Å². The number of halogens is 1. The summed E-state index contributed by atoms with van der Waals surface area (Å²) in [6.45, 7) is 2.06. The van der Waals surface area contributed by atoms with Crippen molar-refractivity contribution in [2.75, 3.05) is 26.8 Å². The maximum absolute atomic E-state index is 13.9. The molecule has 22 heavy (non-hydrogen) atoms. The van der Waals surface area contributed by atoms with Crippen molar-refractivity contribution < 1.29 is 23.8 Å². The molecule has 0 bridgehead atoms. The molecule has 0 unspecified atom stereocenters. The lowest BCUT2D eigenvalue weighted by molar-refractivity contribution is 0.0582. The van der Waals surface area contributed by atoms with Gasteiger partial charge in [0.25, 0.3) is 5.91 Å². The Morgan fingerprint density at radius 2 is 2.05 bits per heavy atom. The second kappa shape index (κ2) is 7.35. The number of carbonyl (C=O) groups is 2. The van der Waals surface area contributed by atoms with E-state index in [-0.39, 0.29) is 11.1 Å². The Morgan fingerprint density at radius 1 is 1.36 bits per heavy atom. The second-order valence-corrected chi connectivity index (χ2v) is 5.57. The van der Waals surface area contributed by atoms with Crippen molar-refractivity contribution in [2.45, 2.75) is 19.3 Å². The zero-order valence-corrected chi connectivity index (χ0v) is 12.5. The number of carboxylic acid groups (broad SMARTS) is 1. The number of ether oxygens (including phenoxy) is 1. The van der Waals surface area contributed by atoms with Crippen LogP contribution in [0.5, 0.6) is 0 Å². The van der Waals surface area contributed by atoms with Crippen LogP contribution < -0.4 is 0 Å². The summed E-state index contributed by atoms with van der Waals surface area (Å²) in [6.07, 6.45) is 2.84. The number of aromatic carboxylic acids is 1. The van der Waals surface area contributed by atoms with Crippen molar-refractivity contribution in [1.29, 1.82) is 0 Å². The molecule has 0 spiro atoms. The first-order valence-electron chi connectivity index (χ1n) is 7.35. The average molecular weight is 309 g/mol. The van der Waals surface area contributed by atoms with E-state index in [1.54, 1.807) is 7.05 Å². The van der Waals surface area contributed by atoms with Gasteiger partial charge in [-0.25, -0.2) is 9.18 Å². The first kappa shape index (κ1) is 16.4. The topological polar surface area (TPSA) is 66.8 Å². The maximum Gasteiger partial charge on any atom is 0.335 e. The van der Waals surface area contributed by atoms with Gasteiger partial charge in [0.1, 0.15) is 5.82 Å². The summed E-state index contributed by atoms with van der Waals surface area (Å²) in [5.74, 6) is -1.92. The van der Waals surface area contributed by atoms with E-state index in [1.165, 1.54) is 17.0 Å². The van der Waals surface area contributed by atoms with E-state index in [9.17, 15) is 14.0 Å². The molecule has 1 aliphatic rings. The summed E-state index contributed by atoms with van der Waals surface area (Å²) in [6, 6.07) is 3.35. The third-order valence-electron chi connectivity index (χ3n) is 4.01. The fourth-order valence-corrected chi connectivity index (χ4v) is 2.54. The van der Waals surface area contributed by atoms with Crippen molar-refractivity contribution >= 4 is 11.9 Å². The molecule has 5 nitrogen and oxygen atoms in total. The molecule has 1 amide bonds. The highest BCUT2D eigenvalue weighted by Crippen LogP contribution is 2.19. The first-order valence-corrected chi connectivity index (χ1v) is 7.35. The first-order chi connectivity index (χ1) is 10.5. The van der Waals surface area contributed by atoms with Gasteiger partial charge in [0.2, 0.25) is 0 Å². The molecule has 0 atom stereocenters. The molecule has 1 aromatic carbocycles. The van der Waals surface area contributed by atoms with Crippen molar-refractivity contribution in [3.05, 3.63) is 35.1 Å². The van der Waals surface area contributed by atoms with E-state index >= 15 is 0 Å². The van der Waals surface area contributed by atoms with Gasteiger partial charge in [-0.05, 0) is 43.4 Å². The molecule has 0 saturated carbocycles. The van der Waals surface area contributed by atoms with Gasteiger partial charge in [-0.15, -0.1) is 0 Å². The van der Waals surface area contributed by atoms with Crippen LogP contribution in [0.25, 0.3) is 0 Å². The van der Waals surface area contributed by atoms with E-state index in [2.05, 4.69) is 0 Å². The van der Waals surface area contributed by atoms with Gasteiger partial charge in [0, 0.05) is 26.8 Å². The van der Waals surface area contributed by atoms with Crippen LogP contribution in [0.2, 0.25) is 0 Å². The van der Waals surface area contributed by atoms with Crippen LogP contribution in [-0.4, -0.2) is 48.7 Å². The van der Waals surface area contributed by atoms with Gasteiger partial charge in [-0.2, -0.15) is 0 Å². The fourth-order valence-electron chi connectivity index (χ4n) is 2.54. The van der Waals surface area contributed by atoms with E-state index in [0.29, 0.717) is 12.5 Å². The number of carboxylic acids is 1. The molecule has 120 valence electrons. The standard InChI is InChI=1S/C16H20FNO4/c1-18(7-4-11-5-8-22-9-6-11)15(19)13-3-2-12(16(20)21)10-14(13)17/h2-3,10-11H,4-9H2,1H3,(H,20,21). The van der Waals surface area contributed by atoms with Gasteiger partial charge in [0.05, 0.1) is 11.1 Å². The molecule has 1 fully saturated rings. The van der Waals surface area contributed by atoms with Gasteiger partial charge in [-0.1, -0.05) is 0 Å². The molecular formula is C16H20FNO4. The summed E-state index contributed by atoms with van der Waals surface area (Å²) < 4.78 is 19.2. The number of hydrogen-bond donors (Lipinski definition) is 1. The van der Waals surface area contributed by atoms with Crippen molar-refractivity contribution in [2.24, 2.45) is 5.92 Å². The molecule has 6 heteroatoms. The summed E-state index contributed by atoms with van der Waals surface area (Å²) >= 11 is 0. The van der Waals surface area contributed by atoms with Crippen molar-refractivity contribution in [3.8, 4) is 0 Å². The number of carbonyl (C=O) groups excluding carboxylic acids is 1. The molecule has 0 aromatic heterocycles. The molecule has 2 rings (SSSR count). The number of nitrogens with zero attached hydrogens (tertiary/aromatic N) is 1. The molecule has 0 radical (unpaired) electrons. The molecule has 1 aromatic rings. The van der Waals surface area contributed by atoms with Crippen LogP contribution in [-0.2, 0) is 4.74 Å². The summed E-state index contributed by atoms with van der Waals surface area (Å²) in [5.41, 5.74) is -0.265. The largest absolute Gasteiger partial charge is 0.478 e. The van der Waals surface area contributed by atoms with E-state index in [4.69, 9.17) is 9.84 Å². The third kappa shape index (κ3) is 4.04. The lowest BCUT2D eigenvalue weighted by Gasteiger charge is -2.25. The molecule has 0 aliphatic carbocycles. The predicted octanol–water partition coefficient (Wildman–Crippen LogP) is 2.41. The van der Waals surface area contributed by atoms with Gasteiger partial charge < -0.3 is 14.7 Å². The monoisotopic (exact) mass is 309 g/mol. The minimum absolute atomic E-state index is 0.0977. The number of hydrogen-bond acceptors (Lipinski definition) is 3. The van der Waals surface area contributed by atoms with Crippen LogP contribution >= 0.6 is 0 Å². The Morgan fingerprint density at radius 3 is 2.64 bits per heavy atom. The number of rotatable bonds is 5. The molecular weight excluding hydrogens is 289 g/mol. The third-order valence-corrected chi connectivity index (χ3v) is 4.01. The van der Waals surface area contributed by atoms with Crippen LogP contribution in [0.3, 0.4) is 0 Å². The Hall–Kier alpha value is -1.95. The zero-order valence-electron chi connectivity index (χ0n) is 12.5. The maximum atomic E-state index is 13.9. The van der Waals surface area contributed by atoms with Gasteiger partial charge in [-0.3, -0.25) is 4.79 Å². The summed E-state index contributed by atoms with van der Waals surface area (Å²) in [4.78, 5) is 24.5. The predicted molar refractivity (Wildman–Crippen MR) is 78.5 cm³/mol. The average Bonchev–Trinajstić information content (AvgIpc) is 2.52. The SMILES string of the molecule is CN(CCC1CCOCC1)C(=O)c1ccc(C(=O)O)cc1F.